The van der Waals surface area contributed by atoms with E-state index in [1.165, 1.54) is 32.7 Å². The summed E-state index contributed by atoms with van der Waals surface area (Å²) >= 11 is 4.98. The largest absolute Gasteiger partial charge is 0.793 e. The van der Waals surface area contributed by atoms with E-state index in [0.717, 1.165) is 25.8 Å². The van der Waals surface area contributed by atoms with Crippen LogP contribution in [0.2, 0.25) is 0 Å². The zero-order valence-electron chi connectivity index (χ0n) is 11.6. The molecule has 1 aliphatic rings. The lowest BCUT2D eigenvalue weighted by Crippen LogP contribution is -2.46. The van der Waals surface area contributed by atoms with Crippen LogP contribution in [0.4, 0.5) is 0 Å². The van der Waals surface area contributed by atoms with Gasteiger partial charge in [-0.3, -0.25) is 0 Å². The Morgan fingerprint density at radius 3 is 2.33 bits per heavy atom. The highest BCUT2D eigenvalue weighted by molar-refractivity contribution is 7.58. The standard InChI is InChI=1S/C14H28N2OS/c1-3-15-8-10-16(11-9-15)7-4-5-14(6-12-18)13(2)17/h14,17-18H,2-12H2,1H3/p-1/t14-/m1/s1. The van der Waals surface area contributed by atoms with Crippen molar-refractivity contribution in [2.45, 2.75) is 26.2 Å². The molecule has 1 saturated heterocycles. The molecular weight excluding hydrogens is 244 g/mol. The number of aliphatic hydroxyl groups is 1. The van der Waals surface area contributed by atoms with Gasteiger partial charge in [-0.25, -0.2) is 0 Å². The molecule has 0 amide bonds. The lowest BCUT2D eigenvalue weighted by Gasteiger charge is -2.34. The van der Waals surface area contributed by atoms with E-state index < -0.39 is 0 Å². The van der Waals surface area contributed by atoms with Crippen LogP contribution >= 0.6 is 0 Å². The topological polar surface area (TPSA) is 26.7 Å². The number of allylic oxidation sites excluding steroid dienone is 1. The zero-order valence-corrected chi connectivity index (χ0v) is 12.4. The van der Waals surface area contributed by atoms with Crippen LogP contribution in [0.3, 0.4) is 0 Å². The van der Waals surface area contributed by atoms with E-state index in [4.69, 9.17) is 12.6 Å². The molecule has 1 atom stereocenters. The van der Waals surface area contributed by atoms with Gasteiger partial charge in [-0.1, -0.05) is 19.9 Å². The maximum absolute atomic E-state index is 9.49. The van der Waals surface area contributed by atoms with Crippen molar-refractivity contribution in [3.63, 3.8) is 0 Å². The summed E-state index contributed by atoms with van der Waals surface area (Å²) < 4.78 is 0. The van der Waals surface area contributed by atoms with Crippen molar-refractivity contribution in [3.8, 4) is 0 Å². The maximum atomic E-state index is 9.49. The molecular formula is C14H27N2OS-. The van der Waals surface area contributed by atoms with E-state index in [-0.39, 0.29) is 5.92 Å². The molecule has 106 valence electrons. The van der Waals surface area contributed by atoms with Crippen LogP contribution < -0.4 is 0 Å². The number of hydrogen-bond donors (Lipinski definition) is 1. The molecule has 0 unspecified atom stereocenters. The molecule has 1 fully saturated rings. The van der Waals surface area contributed by atoms with Gasteiger partial charge in [0.05, 0.1) is 5.76 Å². The Hall–Kier alpha value is -0.190. The smallest absolute Gasteiger partial charge is 0.0881 e. The van der Waals surface area contributed by atoms with E-state index in [0.29, 0.717) is 11.5 Å². The van der Waals surface area contributed by atoms with Gasteiger partial charge in [-0.2, -0.15) is 5.75 Å². The Balaban J connectivity index is 2.15. The highest BCUT2D eigenvalue weighted by Gasteiger charge is 2.16. The quantitative estimate of drug-likeness (QED) is 0.540. The monoisotopic (exact) mass is 271 g/mol. The summed E-state index contributed by atoms with van der Waals surface area (Å²) in [4.78, 5) is 5.02. The van der Waals surface area contributed by atoms with Gasteiger partial charge in [-0.05, 0) is 25.9 Å². The summed E-state index contributed by atoms with van der Waals surface area (Å²) in [6.45, 7) is 12.9. The Morgan fingerprint density at radius 2 is 1.83 bits per heavy atom. The summed E-state index contributed by atoms with van der Waals surface area (Å²) in [6, 6.07) is 0. The van der Waals surface area contributed by atoms with Crippen LogP contribution in [0.1, 0.15) is 26.2 Å². The van der Waals surface area contributed by atoms with Crippen LogP contribution in [0, 0.1) is 5.92 Å². The molecule has 0 aromatic heterocycles. The van der Waals surface area contributed by atoms with Gasteiger partial charge >= 0.3 is 0 Å². The van der Waals surface area contributed by atoms with Crippen LogP contribution in [0.25, 0.3) is 0 Å². The molecule has 0 aromatic carbocycles. The minimum absolute atomic E-state index is 0.208. The SMILES string of the molecule is C=C(O)[C@@H](CC[S-])CCCN1CCN(CC)CC1. The third-order valence-corrected chi connectivity index (χ3v) is 4.11. The van der Waals surface area contributed by atoms with Crippen LogP contribution in [-0.4, -0.2) is 59.9 Å². The van der Waals surface area contributed by atoms with Crippen molar-refractivity contribution in [1.29, 1.82) is 0 Å². The van der Waals surface area contributed by atoms with Crippen molar-refractivity contribution < 1.29 is 5.11 Å². The van der Waals surface area contributed by atoms with E-state index in [9.17, 15) is 5.11 Å². The van der Waals surface area contributed by atoms with Crippen LogP contribution in [0.5, 0.6) is 0 Å². The lowest BCUT2D eigenvalue weighted by atomic mass is 9.98. The average Bonchev–Trinajstić information content (AvgIpc) is 2.38. The molecule has 1 N–H and O–H groups in total. The predicted molar refractivity (Wildman–Crippen MR) is 79.9 cm³/mol. The van der Waals surface area contributed by atoms with Crippen molar-refractivity contribution >= 4 is 12.6 Å². The van der Waals surface area contributed by atoms with Crippen molar-refractivity contribution in [2.24, 2.45) is 5.92 Å². The summed E-state index contributed by atoms with van der Waals surface area (Å²) in [5.41, 5.74) is 0. The van der Waals surface area contributed by atoms with Gasteiger partial charge in [-0.15, -0.1) is 0 Å². The highest BCUT2D eigenvalue weighted by Crippen LogP contribution is 2.18. The van der Waals surface area contributed by atoms with Crippen LogP contribution in [-0.2, 0) is 12.6 Å². The minimum atomic E-state index is 0.208. The number of piperazine rings is 1. The highest BCUT2D eigenvalue weighted by atomic mass is 32.1. The molecule has 3 nitrogen and oxygen atoms in total. The second-order valence-corrected chi connectivity index (χ2v) is 5.51. The molecule has 0 saturated carbocycles. The Kier molecular flexibility index (Phi) is 7.79. The van der Waals surface area contributed by atoms with E-state index in [2.05, 4.69) is 23.3 Å². The first-order valence-electron chi connectivity index (χ1n) is 7.08. The number of likely N-dealkylation sites (N-methyl/N-ethyl adjacent to an activating group) is 1. The predicted octanol–water partition coefficient (Wildman–Crippen LogP) is 2.03. The fourth-order valence-corrected chi connectivity index (χ4v) is 2.79. The van der Waals surface area contributed by atoms with E-state index >= 15 is 0 Å². The number of rotatable bonds is 8. The summed E-state index contributed by atoms with van der Waals surface area (Å²) in [5, 5.41) is 9.49. The molecule has 0 aromatic rings. The second-order valence-electron chi connectivity index (χ2n) is 5.10. The molecule has 1 rings (SSSR count). The molecule has 0 radical (unpaired) electrons. The third kappa shape index (κ3) is 5.63. The molecule has 0 aliphatic carbocycles. The number of aliphatic hydroxyl groups excluding tert-OH is 1. The first-order chi connectivity index (χ1) is 8.67. The Labute approximate surface area is 117 Å². The number of hydrogen-bond acceptors (Lipinski definition) is 4. The molecule has 0 bridgehead atoms. The van der Waals surface area contributed by atoms with Crippen LogP contribution in [0.15, 0.2) is 12.3 Å². The molecule has 1 aliphatic heterocycles. The Bertz CT molecular complexity index is 240. The second kappa shape index (κ2) is 8.83. The molecule has 4 heteroatoms. The maximum Gasteiger partial charge on any atom is 0.0881 e. The van der Waals surface area contributed by atoms with Crippen molar-refractivity contribution in [1.82, 2.24) is 9.80 Å². The molecule has 18 heavy (non-hydrogen) atoms. The first-order valence-corrected chi connectivity index (χ1v) is 7.65. The van der Waals surface area contributed by atoms with Crippen molar-refractivity contribution in [3.05, 3.63) is 12.3 Å². The number of nitrogens with zero attached hydrogens (tertiary/aromatic N) is 2. The lowest BCUT2D eigenvalue weighted by molar-refractivity contribution is 0.133. The average molecular weight is 271 g/mol. The van der Waals surface area contributed by atoms with Gasteiger partial charge in [0.25, 0.3) is 0 Å². The summed E-state index contributed by atoms with van der Waals surface area (Å²) in [7, 11) is 0. The summed E-state index contributed by atoms with van der Waals surface area (Å²) in [6.07, 6.45) is 3.03. The van der Waals surface area contributed by atoms with Crippen molar-refractivity contribution in [2.75, 3.05) is 45.0 Å². The van der Waals surface area contributed by atoms with Gasteiger partial charge < -0.3 is 27.5 Å². The third-order valence-electron chi connectivity index (χ3n) is 3.88. The summed E-state index contributed by atoms with van der Waals surface area (Å²) in [5.74, 6) is 1.23. The fraction of sp³-hybridized carbons (Fsp3) is 0.857. The van der Waals surface area contributed by atoms with E-state index in [1.807, 2.05) is 0 Å². The van der Waals surface area contributed by atoms with Gasteiger partial charge in [0.2, 0.25) is 0 Å². The first kappa shape index (κ1) is 15.9. The van der Waals surface area contributed by atoms with Gasteiger partial charge in [0.1, 0.15) is 0 Å². The molecule has 1 heterocycles. The zero-order chi connectivity index (χ0) is 13.4. The van der Waals surface area contributed by atoms with E-state index in [1.54, 1.807) is 0 Å². The van der Waals surface area contributed by atoms with Gasteiger partial charge in [0, 0.05) is 32.1 Å². The fourth-order valence-electron chi connectivity index (χ4n) is 2.51. The normalized spacial score (nSPS) is 19.9. The van der Waals surface area contributed by atoms with Gasteiger partial charge in [0.15, 0.2) is 0 Å². The minimum Gasteiger partial charge on any atom is -0.793 e. The molecule has 0 spiro atoms. The Morgan fingerprint density at radius 1 is 1.22 bits per heavy atom.